The van der Waals surface area contributed by atoms with Gasteiger partial charge in [0.05, 0.1) is 14.2 Å². The van der Waals surface area contributed by atoms with Gasteiger partial charge in [-0.3, -0.25) is 9.89 Å². The molecule has 2 atom stereocenters. The topological polar surface area (TPSA) is 58.1 Å². The molecule has 27 heavy (non-hydrogen) atoms. The average Bonchev–Trinajstić information content (AvgIpc) is 2.67. The average molecular weight is 490 g/mol. The molecule has 0 saturated carbocycles. The number of hydrogen-bond acceptors (Lipinski definition) is 4. The van der Waals surface area contributed by atoms with Crippen molar-refractivity contribution >= 4 is 29.9 Å². The van der Waals surface area contributed by atoms with Crippen LogP contribution in [0.4, 0.5) is 0 Å². The fourth-order valence-electron chi connectivity index (χ4n) is 3.40. The number of rotatable bonds is 7. The number of piperidine rings is 1. The van der Waals surface area contributed by atoms with Gasteiger partial charge in [-0.1, -0.05) is 6.92 Å². The molecule has 0 spiro atoms. The van der Waals surface area contributed by atoms with Gasteiger partial charge in [0.15, 0.2) is 5.96 Å². The minimum absolute atomic E-state index is 0. The Labute approximate surface area is 181 Å². The summed E-state index contributed by atoms with van der Waals surface area (Å²) >= 11 is 0. The van der Waals surface area contributed by atoms with Crippen molar-refractivity contribution in [3.8, 4) is 11.5 Å². The van der Waals surface area contributed by atoms with Crippen molar-refractivity contribution in [1.29, 1.82) is 0 Å². The molecule has 0 aromatic heterocycles. The first kappa shape index (κ1) is 23.8. The van der Waals surface area contributed by atoms with Crippen LogP contribution < -0.4 is 20.1 Å². The van der Waals surface area contributed by atoms with E-state index in [1.54, 1.807) is 21.3 Å². The number of methoxy groups -OCH3 is 2. The van der Waals surface area contributed by atoms with E-state index in [0.29, 0.717) is 12.6 Å². The highest BCUT2D eigenvalue weighted by Crippen LogP contribution is 2.24. The lowest BCUT2D eigenvalue weighted by Gasteiger charge is -2.35. The molecule has 6 nitrogen and oxygen atoms in total. The molecule has 1 heterocycles. The van der Waals surface area contributed by atoms with Crippen LogP contribution in [-0.4, -0.2) is 57.8 Å². The van der Waals surface area contributed by atoms with Gasteiger partial charge in [-0.2, -0.15) is 0 Å². The molecule has 1 saturated heterocycles. The molecule has 0 radical (unpaired) electrons. The molecule has 1 aromatic rings. The number of ether oxygens (including phenoxy) is 2. The summed E-state index contributed by atoms with van der Waals surface area (Å²) in [5.41, 5.74) is 1.06. The normalized spacial score (nSPS) is 19.0. The standard InChI is InChI=1S/C20H34N4O2.HI/c1-15-7-6-10-24(14-15)16(2)12-22-20(21-3)23-13-17-8-9-18(25-4)11-19(17)26-5;/h8-9,11,15-16H,6-7,10,12-14H2,1-5H3,(H2,21,22,23);1H. The molecular formula is C20H35IN4O2. The van der Waals surface area contributed by atoms with E-state index < -0.39 is 0 Å². The van der Waals surface area contributed by atoms with Crippen molar-refractivity contribution in [3.63, 3.8) is 0 Å². The Balaban J connectivity index is 0.00000364. The Morgan fingerprint density at radius 1 is 1.30 bits per heavy atom. The fourth-order valence-corrected chi connectivity index (χ4v) is 3.40. The zero-order valence-electron chi connectivity index (χ0n) is 17.2. The molecule has 1 aliphatic heterocycles. The molecule has 154 valence electrons. The van der Waals surface area contributed by atoms with Crippen molar-refractivity contribution in [2.24, 2.45) is 10.9 Å². The lowest BCUT2D eigenvalue weighted by Crippen LogP contribution is -2.48. The molecule has 1 aliphatic rings. The SMILES string of the molecule is CN=C(NCc1ccc(OC)cc1OC)NCC(C)N1CCCC(C)C1.I. The Morgan fingerprint density at radius 3 is 2.70 bits per heavy atom. The van der Waals surface area contributed by atoms with Crippen LogP contribution in [0.1, 0.15) is 32.3 Å². The summed E-state index contributed by atoms with van der Waals surface area (Å²) in [6, 6.07) is 6.34. The first-order valence-corrected chi connectivity index (χ1v) is 9.46. The van der Waals surface area contributed by atoms with Gasteiger partial charge < -0.3 is 20.1 Å². The number of nitrogens with zero attached hydrogens (tertiary/aromatic N) is 2. The maximum Gasteiger partial charge on any atom is 0.191 e. The second-order valence-corrected chi connectivity index (χ2v) is 7.08. The van der Waals surface area contributed by atoms with E-state index >= 15 is 0 Å². The summed E-state index contributed by atoms with van der Waals surface area (Å²) in [6.45, 7) is 8.54. The largest absolute Gasteiger partial charge is 0.497 e. The van der Waals surface area contributed by atoms with Gasteiger partial charge in [0.1, 0.15) is 11.5 Å². The number of hydrogen-bond donors (Lipinski definition) is 2. The van der Waals surface area contributed by atoms with Gasteiger partial charge in [0, 0.05) is 44.4 Å². The smallest absolute Gasteiger partial charge is 0.191 e. The Morgan fingerprint density at radius 2 is 2.07 bits per heavy atom. The third-order valence-corrected chi connectivity index (χ3v) is 5.04. The van der Waals surface area contributed by atoms with Crippen LogP contribution in [0.25, 0.3) is 0 Å². The van der Waals surface area contributed by atoms with E-state index in [-0.39, 0.29) is 24.0 Å². The molecule has 7 heteroatoms. The first-order valence-electron chi connectivity index (χ1n) is 9.46. The Kier molecular flexibility index (Phi) is 10.8. The fraction of sp³-hybridized carbons (Fsp3) is 0.650. The minimum atomic E-state index is 0. The maximum atomic E-state index is 5.45. The summed E-state index contributed by atoms with van der Waals surface area (Å²) in [5.74, 6) is 3.20. The summed E-state index contributed by atoms with van der Waals surface area (Å²) < 4.78 is 10.7. The molecular weight excluding hydrogens is 455 g/mol. The van der Waals surface area contributed by atoms with Gasteiger partial charge in [0.25, 0.3) is 0 Å². The quantitative estimate of drug-likeness (QED) is 0.350. The van der Waals surface area contributed by atoms with E-state index in [2.05, 4.69) is 34.4 Å². The molecule has 0 aliphatic carbocycles. The Bertz CT molecular complexity index is 597. The van der Waals surface area contributed by atoms with Crippen molar-refractivity contribution in [2.75, 3.05) is 40.9 Å². The second-order valence-electron chi connectivity index (χ2n) is 7.08. The van der Waals surface area contributed by atoms with Crippen molar-refractivity contribution in [1.82, 2.24) is 15.5 Å². The first-order chi connectivity index (χ1) is 12.6. The summed E-state index contributed by atoms with van der Waals surface area (Å²) in [4.78, 5) is 6.91. The van der Waals surface area contributed by atoms with Gasteiger partial charge in [0.2, 0.25) is 0 Å². The number of guanidine groups is 1. The summed E-state index contributed by atoms with van der Waals surface area (Å²) in [7, 11) is 5.13. The van der Waals surface area contributed by atoms with E-state index in [9.17, 15) is 0 Å². The Hall–Kier alpha value is -1.22. The third kappa shape index (κ3) is 7.37. The molecule has 2 N–H and O–H groups in total. The number of benzene rings is 1. The third-order valence-electron chi connectivity index (χ3n) is 5.04. The molecule has 2 unspecified atom stereocenters. The highest BCUT2D eigenvalue weighted by molar-refractivity contribution is 14.0. The predicted octanol–water partition coefficient (Wildman–Crippen LogP) is 3.11. The highest BCUT2D eigenvalue weighted by atomic mass is 127. The van der Waals surface area contributed by atoms with Crippen LogP contribution >= 0.6 is 24.0 Å². The lowest BCUT2D eigenvalue weighted by atomic mass is 9.99. The van der Waals surface area contributed by atoms with E-state index in [0.717, 1.165) is 35.5 Å². The van der Waals surface area contributed by atoms with Gasteiger partial charge >= 0.3 is 0 Å². The monoisotopic (exact) mass is 490 g/mol. The predicted molar refractivity (Wildman–Crippen MR) is 123 cm³/mol. The number of aliphatic imine (C=N–C) groups is 1. The van der Waals surface area contributed by atoms with E-state index in [4.69, 9.17) is 9.47 Å². The summed E-state index contributed by atoms with van der Waals surface area (Å²) in [6.07, 6.45) is 2.65. The summed E-state index contributed by atoms with van der Waals surface area (Å²) in [5, 5.41) is 6.81. The second kappa shape index (κ2) is 12.3. The minimum Gasteiger partial charge on any atom is -0.497 e. The molecule has 1 aromatic carbocycles. The molecule has 0 amide bonds. The van der Waals surface area contributed by atoms with Crippen LogP contribution in [0.2, 0.25) is 0 Å². The molecule has 0 bridgehead atoms. The zero-order valence-corrected chi connectivity index (χ0v) is 19.6. The number of likely N-dealkylation sites (tertiary alicyclic amines) is 1. The van der Waals surface area contributed by atoms with Crippen molar-refractivity contribution in [3.05, 3.63) is 23.8 Å². The van der Waals surface area contributed by atoms with Crippen LogP contribution in [-0.2, 0) is 6.54 Å². The zero-order chi connectivity index (χ0) is 18.9. The van der Waals surface area contributed by atoms with Crippen LogP contribution in [0.5, 0.6) is 11.5 Å². The van der Waals surface area contributed by atoms with E-state index in [1.165, 1.54) is 25.9 Å². The molecule has 1 fully saturated rings. The van der Waals surface area contributed by atoms with Gasteiger partial charge in [-0.05, 0) is 44.4 Å². The van der Waals surface area contributed by atoms with Crippen molar-refractivity contribution in [2.45, 2.75) is 39.3 Å². The van der Waals surface area contributed by atoms with Crippen molar-refractivity contribution < 1.29 is 9.47 Å². The van der Waals surface area contributed by atoms with Crippen LogP contribution in [0.3, 0.4) is 0 Å². The van der Waals surface area contributed by atoms with Gasteiger partial charge in [-0.15, -0.1) is 24.0 Å². The van der Waals surface area contributed by atoms with Gasteiger partial charge in [-0.25, -0.2) is 0 Å². The maximum absolute atomic E-state index is 5.45. The number of halogens is 1. The van der Waals surface area contributed by atoms with E-state index in [1.807, 2.05) is 18.2 Å². The van der Waals surface area contributed by atoms with Crippen LogP contribution in [0, 0.1) is 5.92 Å². The van der Waals surface area contributed by atoms with Crippen LogP contribution in [0.15, 0.2) is 23.2 Å². The number of nitrogens with one attached hydrogen (secondary N) is 2. The molecule has 2 rings (SSSR count). The lowest BCUT2D eigenvalue weighted by molar-refractivity contribution is 0.139. The highest BCUT2D eigenvalue weighted by Gasteiger charge is 2.20.